The van der Waals surface area contributed by atoms with Crippen LogP contribution in [0.5, 0.6) is 0 Å². The molecule has 0 spiro atoms. The maximum absolute atomic E-state index is 13.3. The van der Waals surface area contributed by atoms with Gasteiger partial charge in [-0.15, -0.1) is 0 Å². The van der Waals surface area contributed by atoms with Crippen LogP contribution in [0.15, 0.2) is 60.9 Å². The molecule has 0 atom stereocenters. The quantitative estimate of drug-likeness (QED) is 0.259. The van der Waals surface area contributed by atoms with Crippen LogP contribution in [0.1, 0.15) is 53.3 Å². The Balaban J connectivity index is 1.09. The molecule has 6 rings (SSSR count). The Morgan fingerprint density at radius 1 is 0.978 bits per heavy atom. The Labute approximate surface area is 264 Å². The Morgan fingerprint density at radius 2 is 1.72 bits per heavy atom. The van der Waals surface area contributed by atoms with Gasteiger partial charge in [-0.2, -0.15) is 18.2 Å². The minimum atomic E-state index is -4.49. The van der Waals surface area contributed by atoms with Gasteiger partial charge in [0.25, 0.3) is 5.91 Å². The molecule has 2 amide bonds. The fourth-order valence-electron chi connectivity index (χ4n) is 6.11. The molecule has 0 radical (unpaired) electrons. The number of nitrogens with one attached hydrogen (secondary N) is 1. The highest BCUT2D eigenvalue weighted by Gasteiger charge is 2.32. The second-order valence-electron chi connectivity index (χ2n) is 11.8. The molecular weight excluding hydrogens is 597 g/mol. The number of amides is 2. The molecule has 1 aliphatic heterocycles. The van der Waals surface area contributed by atoms with Crippen molar-refractivity contribution < 1.29 is 22.8 Å². The number of carbonyl (C=O) groups is 2. The summed E-state index contributed by atoms with van der Waals surface area (Å²) in [5, 5.41) is 3.99. The summed E-state index contributed by atoms with van der Waals surface area (Å²) >= 11 is 0. The molecule has 2 fully saturated rings. The first-order valence-corrected chi connectivity index (χ1v) is 15.3. The number of hydrogen-bond donors (Lipinski definition) is 1. The van der Waals surface area contributed by atoms with Crippen LogP contribution in [-0.4, -0.2) is 81.4 Å². The van der Waals surface area contributed by atoms with E-state index in [4.69, 9.17) is 4.98 Å². The lowest BCUT2D eigenvalue weighted by Gasteiger charge is -2.35. The van der Waals surface area contributed by atoms with Crippen LogP contribution < -0.4 is 10.2 Å². The molecule has 10 nitrogen and oxygen atoms in total. The summed E-state index contributed by atoms with van der Waals surface area (Å²) in [6, 6.07) is 11.0. The van der Waals surface area contributed by atoms with Crippen molar-refractivity contribution in [1.82, 2.24) is 29.3 Å². The van der Waals surface area contributed by atoms with Gasteiger partial charge in [-0.1, -0.05) is 31.0 Å². The number of aromatic nitrogens is 4. The zero-order chi connectivity index (χ0) is 32.4. The summed E-state index contributed by atoms with van der Waals surface area (Å²) < 4.78 is 41.9. The molecule has 1 N–H and O–H groups in total. The molecule has 4 aromatic rings. The first-order valence-electron chi connectivity index (χ1n) is 15.3. The Morgan fingerprint density at radius 3 is 2.39 bits per heavy atom. The monoisotopic (exact) mass is 632 g/mol. The Bertz CT molecular complexity index is 1750. The van der Waals surface area contributed by atoms with E-state index < -0.39 is 11.7 Å². The average Bonchev–Trinajstić information content (AvgIpc) is 3.71. The average molecular weight is 633 g/mol. The van der Waals surface area contributed by atoms with Gasteiger partial charge in [0.05, 0.1) is 17.4 Å². The molecule has 0 unspecified atom stereocenters. The predicted octanol–water partition coefficient (Wildman–Crippen LogP) is 5.77. The van der Waals surface area contributed by atoms with E-state index in [1.165, 1.54) is 30.4 Å². The molecule has 1 saturated heterocycles. The fourth-order valence-corrected chi connectivity index (χ4v) is 6.11. The molecule has 2 aliphatic rings. The van der Waals surface area contributed by atoms with Crippen molar-refractivity contribution in [3.8, 4) is 0 Å². The van der Waals surface area contributed by atoms with Crippen LogP contribution in [0.2, 0.25) is 0 Å². The lowest BCUT2D eigenvalue weighted by Crippen LogP contribution is -2.48. The van der Waals surface area contributed by atoms with Gasteiger partial charge in [-0.25, -0.2) is 9.97 Å². The molecule has 13 heteroatoms. The van der Waals surface area contributed by atoms with Gasteiger partial charge < -0.3 is 24.6 Å². The highest BCUT2D eigenvalue weighted by atomic mass is 19.4. The van der Waals surface area contributed by atoms with Crippen molar-refractivity contribution in [2.45, 2.75) is 37.9 Å². The number of rotatable bonds is 7. The lowest BCUT2D eigenvalue weighted by atomic mass is 10.1. The van der Waals surface area contributed by atoms with Gasteiger partial charge in [-0.05, 0) is 48.7 Å². The molecule has 0 bridgehead atoms. The van der Waals surface area contributed by atoms with Gasteiger partial charge in [0.2, 0.25) is 11.9 Å². The van der Waals surface area contributed by atoms with Crippen LogP contribution >= 0.6 is 0 Å². The summed E-state index contributed by atoms with van der Waals surface area (Å²) in [6.07, 6.45) is 5.64. The van der Waals surface area contributed by atoms with E-state index in [1.807, 2.05) is 18.2 Å². The number of benzene rings is 1. The number of piperazine rings is 1. The smallest absolute Gasteiger partial charge is 0.367 e. The van der Waals surface area contributed by atoms with Crippen LogP contribution in [0.4, 0.5) is 30.6 Å². The van der Waals surface area contributed by atoms with Crippen molar-refractivity contribution in [1.29, 1.82) is 0 Å². The topological polar surface area (TPSA) is 99.5 Å². The van der Waals surface area contributed by atoms with Crippen LogP contribution in [-0.2, 0) is 11.0 Å². The maximum atomic E-state index is 13.3. The van der Waals surface area contributed by atoms with Crippen molar-refractivity contribution in [2.24, 2.45) is 0 Å². The number of nitrogens with zero attached hydrogens (tertiary/aromatic N) is 7. The first kappa shape index (κ1) is 31.1. The van der Waals surface area contributed by atoms with Gasteiger partial charge in [0, 0.05) is 64.0 Å². The molecular formula is C33H35F3N8O2. The van der Waals surface area contributed by atoms with Gasteiger partial charge >= 0.3 is 6.18 Å². The highest BCUT2D eigenvalue weighted by molar-refractivity contribution is 5.98. The number of fused-ring (bicyclic) bond motifs is 1. The van der Waals surface area contributed by atoms with E-state index in [0.29, 0.717) is 43.6 Å². The SMILES string of the molecule is CN(C)C(=O)c1cc2cnc(Nc3ccc(N4CCN(C(=O)/C=C/c5ccccc5C(F)(F)F)CC4)cn3)nc2n1C1CCCC1. The number of hydrogen-bond acceptors (Lipinski definition) is 7. The second kappa shape index (κ2) is 12.8. The van der Waals surface area contributed by atoms with E-state index in [0.717, 1.165) is 48.5 Å². The zero-order valence-electron chi connectivity index (χ0n) is 25.7. The van der Waals surface area contributed by atoms with E-state index in [1.54, 1.807) is 36.3 Å². The van der Waals surface area contributed by atoms with Crippen molar-refractivity contribution in [2.75, 3.05) is 50.5 Å². The number of carbonyl (C=O) groups excluding carboxylic acids is 2. The minimum absolute atomic E-state index is 0.0426. The van der Waals surface area contributed by atoms with E-state index in [-0.39, 0.29) is 23.4 Å². The minimum Gasteiger partial charge on any atom is -0.367 e. The predicted molar refractivity (Wildman–Crippen MR) is 170 cm³/mol. The largest absolute Gasteiger partial charge is 0.416 e. The Kier molecular flexibility index (Phi) is 8.65. The lowest BCUT2D eigenvalue weighted by molar-refractivity contribution is -0.137. The highest BCUT2D eigenvalue weighted by Crippen LogP contribution is 2.35. The zero-order valence-corrected chi connectivity index (χ0v) is 25.7. The van der Waals surface area contributed by atoms with E-state index in [9.17, 15) is 22.8 Å². The number of halogens is 3. The Hall–Kier alpha value is -4.94. The van der Waals surface area contributed by atoms with Crippen molar-refractivity contribution in [3.05, 3.63) is 77.8 Å². The third kappa shape index (κ3) is 6.53. The number of anilines is 3. The van der Waals surface area contributed by atoms with Crippen LogP contribution in [0.3, 0.4) is 0 Å². The molecule has 4 heterocycles. The third-order valence-electron chi connectivity index (χ3n) is 8.51. The third-order valence-corrected chi connectivity index (χ3v) is 8.51. The number of alkyl halides is 3. The maximum Gasteiger partial charge on any atom is 0.416 e. The van der Waals surface area contributed by atoms with Gasteiger partial charge in [-0.3, -0.25) is 9.59 Å². The van der Waals surface area contributed by atoms with Crippen molar-refractivity contribution in [3.63, 3.8) is 0 Å². The summed E-state index contributed by atoms with van der Waals surface area (Å²) in [6.45, 7) is 1.96. The molecule has 1 aliphatic carbocycles. The van der Waals surface area contributed by atoms with Crippen LogP contribution in [0, 0.1) is 0 Å². The van der Waals surface area contributed by atoms with Crippen LogP contribution in [0.25, 0.3) is 17.1 Å². The molecule has 1 saturated carbocycles. The number of pyridine rings is 1. The van der Waals surface area contributed by atoms with E-state index >= 15 is 0 Å². The molecule has 240 valence electrons. The summed E-state index contributed by atoms with van der Waals surface area (Å²) in [7, 11) is 3.49. The first-order chi connectivity index (χ1) is 22.1. The van der Waals surface area contributed by atoms with Gasteiger partial charge in [0.15, 0.2) is 0 Å². The van der Waals surface area contributed by atoms with Crippen molar-refractivity contribution >= 4 is 46.4 Å². The normalized spacial score (nSPS) is 16.0. The fraction of sp³-hybridized carbons (Fsp3) is 0.364. The summed E-state index contributed by atoms with van der Waals surface area (Å²) in [4.78, 5) is 44.8. The van der Waals surface area contributed by atoms with E-state index in [2.05, 4.69) is 24.8 Å². The summed E-state index contributed by atoms with van der Waals surface area (Å²) in [5.74, 6) is 0.547. The molecule has 3 aromatic heterocycles. The molecule has 1 aromatic carbocycles. The standard InChI is InChI=1S/C33H35F3N8O2/c1-41(2)31(46)27-19-23-20-38-32(40-30(23)44(27)24-8-4-5-9-24)39-28-13-12-25(21-37-28)42-15-17-43(18-16-42)29(45)14-11-22-7-3-6-10-26(22)33(34,35)36/h3,6-7,10-14,19-21,24H,4-5,8-9,15-18H2,1-2H3,(H,37,38,39,40)/b14-11+. The second-order valence-corrected chi connectivity index (χ2v) is 11.8. The van der Waals surface area contributed by atoms with Gasteiger partial charge in [0.1, 0.15) is 17.2 Å². The molecule has 46 heavy (non-hydrogen) atoms. The summed E-state index contributed by atoms with van der Waals surface area (Å²) in [5.41, 5.74) is 1.40.